The highest BCUT2D eigenvalue weighted by molar-refractivity contribution is 4.94. The van der Waals surface area contributed by atoms with Crippen molar-refractivity contribution in [1.82, 2.24) is 0 Å². The van der Waals surface area contributed by atoms with Gasteiger partial charge in [-0.1, -0.05) is 0 Å². The summed E-state index contributed by atoms with van der Waals surface area (Å²) in [6.45, 7) is -1.23. The van der Waals surface area contributed by atoms with E-state index in [9.17, 15) is 30.6 Å². The van der Waals surface area contributed by atoms with Gasteiger partial charge in [0.05, 0.1) is 13.2 Å². The van der Waals surface area contributed by atoms with E-state index in [2.05, 4.69) is 0 Å². The van der Waals surface area contributed by atoms with Crippen LogP contribution in [-0.2, 0) is 18.9 Å². The molecule has 2 aliphatic rings. The zero-order chi connectivity index (χ0) is 18.0. The molecule has 0 bridgehead atoms. The summed E-state index contributed by atoms with van der Waals surface area (Å²) in [5.41, 5.74) is 0. The van der Waals surface area contributed by atoms with E-state index in [1.54, 1.807) is 0 Å². The van der Waals surface area contributed by atoms with Gasteiger partial charge < -0.3 is 54.7 Å². The Bertz CT molecular complexity index is 394. The Morgan fingerprint density at radius 3 is 1.92 bits per heavy atom. The fourth-order valence-electron chi connectivity index (χ4n) is 2.83. The number of rotatable bonds is 5. The van der Waals surface area contributed by atoms with Crippen LogP contribution in [0.5, 0.6) is 0 Å². The number of methoxy groups -OCH3 is 1. The van der Waals surface area contributed by atoms with Crippen LogP contribution in [0.15, 0.2) is 0 Å². The van der Waals surface area contributed by atoms with Crippen LogP contribution in [0, 0.1) is 0 Å². The standard InChI is InChI=1S/C13H24O11/c1-21-11-9(19)12(20)22-5(3-15)10(11)24-13-8(18)7(17)6(16)4(2-14)23-13/h4-20H,2-3H2,1H3/t4-,5-,6-,7+,8+,9+,10-,11-,12+,13-/m1/s1. The molecule has 2 heterocycles. The van der Waals surface area contributed by atoms with Crippen LogP contribution in [0.1, 0.15) is 0 Å². The van der Waals surface area contributed by atoms with Gasteiger partial charge in [-0.3, -0.25) is 0 Å². The third kappa shape index (κ3) is 3.71. The molecule has 0 radical (unpaired) electrons. The van der Waals surface area contributed by atoms with Crippen LogP contribution in [0.3, 0.4) is 0 Å². The van der Waals surface area contributed by atoms with Crippen LogP contribution < -0.4 is 0 Å². The molecule has 7 N–H and O–H groups in total. The maximum atomic E-state index is 9.99. The van der Waals surface area contributed by atoms with Crippen molar-refractivity contribution < 1.29 is 54.7 Å². The lowest BCUT2D eigenvalue weighted by Gasteiger charge is -2.46. The highest BCUT2D eigenvalue weighted by atomic mass is 16.7. The van der Waals surface area contributed by atoms with Gasteiger partial charge >= 0.3 is 0 Å². The van der Waals surface area contributed by atoms with E-state index in [0.717, 1.165) is 0 Å². The summed E-state index contributed by atoms with van der Waals surface area (Å²) in [5, 5.41) is 67.6. The van der Waals surface area contributed by atoms with Crippen LogP contribution in [-0.4, -0.2) is 117 Å². The molecular formula is C13H24O11. The molecule has 11 nitrogen and oxygen atoms in total. The van der Waals surface area contributed by atoms with Crippen molar-refractivity contribution in [2.24, 2.45) is 0 Å². The van der Waals surface area contributed by atoms with E-state index in [1.165, 1.54) is 7.11 Å². The summed E-state index contributed by atoms with van der Waals surface area (Å²) >= 11 is 0. The maximum Gasteiger partial charge on any atom is 0.187 e. The molecule has 10 atom stereocenters. The van der Waals surface area contributed by atoms with Gasteiger partial charge in [0.2, 0.25) is 0 Å². The highest BCUT2D eigenvalue weighted by Crippen LogP contribution is 2.29. The fourth-order valence-corrected chi connectivity index (χ4v) is 2.83. The Kier molecular flexibility index (Phi) is 6.87. The van der Waals surface area contributed by atoms with Gasteiger partial charge in [0.15, 0.2) is 12.6 Å². The van der Waals surface area contributed by atoms with Crippen molar-refractivity contribution in [2.75, 3.05) is 20.3 Å². The Hall–Kier alpha value is -0.440. The number of ether oxygens (including phenoxy) is 4. The second-order valence-corrected chi connectivity index (χ2v) is 5.74. The number of hydrogen-bond acceptors (Lipinski definition) is 11. The summed E-state index contributed by atoms with van der Waals surface area (Å²) in [6, 6.07) is 0. The zero-order valence-electron chi connectivity index (χ0n) is 13.0. The van der Waals surface area contributed by atoms with Gasteiger partial charge in [0, 0.05) is 7.11 Å². The molecule has 0 unspecified atom stereocenters. The predicted octanol–water partition coefficient (Wildman–Crippen LogP) is -4.74. The minimum atomic E-state index is -1.66. The average molecular weight is 356 g/mol. The predicted molar refractivity (Wildman–Crippen MR) is 73.4 cm³/mol. The summed E-state index contributed by atoms with van der Waals surface area (Å²) in [4.78, 5) is 0. The molecule has 0 amide bonds. The Balaban J connectivity index is 2.16. The molecule has 2 saturated heterocycles. The minimum Gasteiger partial charge on any atom is -0.394 e. The molecule has 11 heteroatoms. The third-order valence-electron chi connectivity index (χ3n) is 4.23. The zero-order valence-corrected chi connectivity index (χ0v) is 13.0. The quantitative estimate of drug-likeness (QED) is 0.251. The summed E-state index contributed by atoms with van der Waals surface area (Å²) in [6.07, 6.45) is -14.0. The topological polar surface area (TPSA) is 179 Å². The summed E-state index contributed by atoms with van der Waals surface area (Å²) in [5.74, 6) is 0. The smallest absolute Gasteiger partial charge is 0.187 e. The van der Waals surface area contributed by atoms with Gasteiger partial charge in [0.25, 0.3) is 0 Å². The largest absolute Gasteiger partial charge is 0.394 e. The lowest BCUT2D eigenvalue weighted by molar-refractivity contribution is -0.357. The van der Waals surface area contributed by atoms with Crippen molar-refractivity contribution in [3.05, 3.63) is 0 Å². The van der Waals surface area contributed by atoms with Crippen molar-refractivity contribution in [3.63, 3.8) is 0 Å². The molecule has 0 aromatic carbocycles. The number of aliphatic hydroxyl groups excluding tert-OH is 7. The highest BCUT2D eigenvalue weighted by Gasteiger charge is 2.50. The minimum absolute atomic E-state index is 0.592. The van der Waals surface area contributed by atoms with Crippen LogP contribution in [0.25, 0.3) is 0 Å². The molecule has 2 aliphatic heterocycles. The maximum absolute atomic E-state index is 9.99. The van der Waals surface area contributed by atoms with Gasteiger partial charge in [-0.05, 0) is 0 Å². The first kappa shape index (κ1) is 19.9. The number of aliphatic hydroxyl groups is 7. The molecular weight excluding hydrogens is 332 g/mol. The molecule has 142 valence electrons. The molecule has 2 rings (SSSR count). The van der Waals surface area contributed by atoms with Gasteiger partial charge in [0.1, 0.15) is 48.8 Å². The van der Waals surface area contributed by atoms with E-state index in [-0.39, 0.29) is 0 Å². The molecule has 0 aliphatic carbocycles. The van der Waals surface area contributed by atoms with E-state index in [1.807, 2.05) is 0 Å². The van der Waals surface area contributed by atoms with Crippen molar-refractivity contribution >= 4 is 0 Å². The van der Waals surface area contributed by atoms with Crippen molar-refractivity contribution in [2.45, 2.75) is 61.4 Å². The van der Waals surface area contributed by atoms with Gasteiger partial charge in [-0.25, -0.2) is 0 Å². The van der Waals surface area contributed by atoms with Gasteiger partial charge in [-0.2, -0.15) is 0 Å². The Morgan fingerprint density at radius 1 is 0.750 bits per heavy atom. The first-order valence-electron chi connectivity index (χ1n) is 7.46. The lowest BCUT2D eigenvalue weighted by Crippen LogP contribution is -2.64. The van der Waals surface area contributed by atoms with Gasteiger partial charge in [-0.15, -0.1) is 0 Å². The number of hydrogen-bond donors (Lipinski definition) is 7. The third-order valence-corrected chi connectivity index (χ3v) is 4.23. The van der Waals surface area contributed by atoms with Crippen molar-refractivity contribution in [1.29, 1.82) is 0 Å². The molecule has 0 spiro atoms. The first-order valence-corrected chi connectivity index (χ1v) is 7.46. The summed E-state index contributed by atoms with van der Waals surface area (Å²) in [7, 11) is 1.24. The molecule has 0 saturated carbocycles. The molecule has 2 fully saturated rings. The molecule has 0 aromatic rings. The lowest BCUT2D eigenvalue weighted by atomic mass is 9.97. The molecule has 0 aromatic heterocycles. The van der Waals surface area contributed by atoms with E-state index >= 15 is 0 Å². The summed E-state index contributed by atoms with van der Waals surface area (Å²) < 4.78 is 20.8. The first-order chi connectivity index (χ1) is 11.3. The Labute approximate surface area is 137 Å². The van der Waals surface area contributed by atoms with Crippen LogP contribution in [0.2, 0.25) is 0 Å². The van der Waals surface area contributed by atoms with Crippen LogP contribution >= 0.6 is 0 Å². The van der Waals surface area contributed by atoms with Crippen molar-refractivity contribution in [3.8, 4) is 0 Å². The Morgan fingerprint density at radius 2 is 1.38 bits per heavy atom. The SMILES string of the molecule is CO[C@@H]1[C@H](O)[C@@H](O)O[C@H](CO)[C@H]1O[C@H]1O[C@H](CO)[C@@H](O)[C@H](O)[C@@H]1O. The average Bonchev–Trinajstić information content (AvgIpc) is 2.58. The van der Waals surface area contributed by atoms with E-state index < -0.39 is 74.6 Å². The monoisotopic (exact) mass is 356 g/mol. The normalized spacial score (nSPS) is 50.0. The van der Waals surface area contributed by atoms with E-state index in [4.69, 9.17) is 24.1 Å². The second-order valence-electron chi connectivity index (χ2n) is 5.74. The van der Waals surface area contributed by atoms with E-state index in [0.29, 0.717) is 0 Å². The fraction of sp³-hybridized carbons (Fsp3) is 1.00. The second kappa shape index (κ2) is 8.29. The molecule has 24 heavy (non-hydrogen) atoms. The van der Waals surface area contributed by atoms with Crippen LogP contribution in [0.4, 0.5) is 0 Å².